The number of nitrogens with zero attached hydrogens (tertiary/aromatic N) is 2. The molecular formula is C31H36N4O3. The largest absolute Gasteiger partial charge is 0.469 e. The summed E-state index contributed by atoms with van der Waals surface area (Å²) in [5, 5.41) is 2.06. The number of ether oxygens (including phenoxy) is 1. The van der Waals surface area contributed by atoms with Crippen molar-refractivity contribution in [1.29, 1.82) is 0 Å². The molecule has 2 aliphatic rings. The zero-order valence-electron chi connectivity index (χ0n) is 22.9. The average Bonchev–Trinajstić information content (AvgIpc) is 3.36. The predicted molar refractivity (Wildman–Crippen MR) is 150 cm³/mol. The third-order valence-electron chi connectivity index (χ3n) is 8.07. The lowest BCUT2D eigenvalue weighted by Gasteiger charge is -2.30. The first-order chi connectivity index (χ1) is 18.3. The third kappa shape index (κ3) is 4.74. The van der Waals surface area contributed by atoms with E-state index in [1.54, 1.807) is 0 Å². The van der Waals surface area contributed by atoms with Gasteiger partial charge in [-0.15, -0.1) is 5.53 Å². The fraction of sp³-hybridized carbons (Fsp3) is 0.355. The molecule has 38 heavy (non-hydrogen) atoms. The van der Waals surface area contributed by atoms with Gasteiger partial charge in [0.25, 0.3) is 5.91 Å². The summed E-state index contributed by atoms with van der Waals surface area (Å²) in [6.07, 6.45) is 1.05. The van der Waals surface area contributed by atoms with Crippen molar-refractivity contribution in [2.75, 3.05) is 30.6 Å². The number of esters is 1. The van der Waals surface area contributed by atoms with Crippen LogP contribution in [0.1, 0.15) is 68.6 Å². The number of anilines is 2. The van der Waals surface area contributed by atoms with E-state index >= 15 is 0 Å². The molecule has 2 aliphatic heterocycles. The highest BCUT2D eigenvalue weighted by Crippen LogP contribution is 2.40. The molecule has 7 heteroatoms. The van der Waals surface area contributed by atoms with Crippen LogP contribution in [0, 0.1) is 20.8 Å². The number of carbonyl (C=O) groups is 2. The number of amides is 1. The van der Waals surface area contributed by atoms with Gasteiger partial charge in [-0.3, -0.25) is 14.6 Å². The summed E-state index contributed by atoms with van der Waals surface area (Å²) in [5.41, 5.74) is 17.3. The molecule has 2 heterocycles. The third-order valence-corrected chi connectivity index (χ3v) is 8.07. The first kappa shape index (κ1) is 25.8. The van der Waals surface area contributed by atoms with Crippen molar-refractivity contribution < 1.29 is 14.3 Å². The molecule has 0 unspecified atom stereocenters. The fourth-order valence-electron chi connectivity index (χ4n) is 5.59. The maximum atomic E-state index is 13.3. The first-order valence-electron chi connectivity index (χ1n) is 13.3. The first-order valence-corrected chi connectivity index (χ1v) is 13.3. The monoisotopic (exact) mass is 512 g/mol. The Hall–Kier alpha value is -3.84. The van der Waals surface area contributed by atoms with Gasteiger partial charge in [0.1, 0.15) is 0 Å². The Labute approximate surface area is 224 Å². The normalized spacial score (nSPS) is 15.0. The van der Waals surface area contributed by atoms with Crippen LogP contribution in [0.25, 0.3) is 0 Å². The summed E-state index contributed by atoms with van der Waals surface area (Å²) in [7, 11) is 1.43. The number of hydrogen-bond donors (Lipinski definition) is 2. The van der Waals surface area contributed by atoms with E-state index in [4.69, 9.17) is 4.74 Å². The van der Waals surface area contributed by atoms with Crippen molar-refractivity contribution in [2.45, 2.75) is 53.0 Å². The van der Waals surface area contributed by atoms with E-state index in [1.807, 2.05) is 30.0 Å². The van der Waals surface area contributed by atoms with Gasteiger partial charge in [-0.05, 0) is 91.3 Å². The number of nitrogens with one attached hydrogen (secondary N) is 2. The summed E-state index contributed by atoms with van der Waals surface area (Å²) in [5.74, 6) is -0.356. The number of hydrazine groups is 2. The van der Waals surface area contributed by atoms with Gasteiger partial charge in [0, 0.05) is 31.1 Å². The van der Waals surface area contributed by atoms with E-state index in [0.717, 1.165) is 57.7 Å². The molecule has 0 fully saturated rings. The van der Waals surface area contributed by atoms with Crippen molar-refractivity contribution in [1.82, 2.24) is 10.4 Å². The van der Waals surface area contributed by atoms with Crippen LogP contribution in [-0.2, 0) is 22.5 Å². The summed E-state index contributed by atoms with van der Waals surface area (Å²) in [6.45, 7) is 10.4. The van der Waals surface area contributed by atoms with Crippen LogP contribution < -0.4 is 16.0 Å². The maximum absolute atomic E-state index is 13.3. The van der Waals surface area contributed by atoms with E-state index in [1.165, 1.54) is 18.2 Å². The number of carbonyl (C=O) groups excluding carboxylic acids is 2. The Morgan fingerprint density at radius 1 is 1.00 bits per heavy atom. The number of rotatable bonds is 6. The van der Waals surface area contributed by atoms with Gasteiger partial charge in [-0.25, -0.2) is 0 Å². The molecule has 198 valence electrons. The van der Waals surface area contributed by atoms with E-state index in [-0.39, 0.29) is 24.2 Å². The fourth-order valence-corrected chi connectivity index (χ4v) is 5.59. The van der Waals surface area contributed by atoms with Gasteiger partial charge in [0.2, 0.25) is 0 Å². The number of benzene rings is 3. The second-order valence-corrected chi connectivity index (χ2v) is 10.3. The van der Waals surface area contributed by atoms with Crippen molar-refractivity contribution in [3.63, 3.8) is 0 Å². The molecule has 0 bridgehead atoms. The minimum atomic E-state index is -0.250. The Morgan fingerprint density at radius 3 is 2.55 bits per heavy atom. The molecule has 1 amide bonds. The van der Waals surface area contributed by atoms with E-state index in [9.17, 15) is 9.59 Å². The summed E-state index contributed by atoms with van der Waals surface area (Å²) in [6, 6.07) is 16.6. The highest BCUT2D eigenvalue weighted by molar-refractivity contribution is 5.94. The summed E-state index contributed by atoms with van der Waals surface area (Å²) >= 11 is 0. The molecule has 0 aliphatic carbocycles. The molecule has 0 radical (unpaired) electrons. The van der Waals surface area contributed by atoms with Crippen LogP contribution in [0.4, 0.5) is 11.4 Å². The van der Waals surface area contributed by atoms with Crippen LogP contribution in [0.15, 0.2) is 48.5 Å². The number of methoxy groups -OCH3 is 1. The van der Waals surface area contributed by atoms with Gasteiger partial charge in [0.05, 0.1) is 24.9 Å². The molecule has 7 nitrogen and oxygen atoms in total. The maximum Gasteiger partial charge on any atom is 0.306 e. The highest BCUT2D eigenvalue weighted by atomic mass is 16.5. The van der Waals surface area contributed by atoms with Crippen molar-refractivity contribution in [2.24, 2.45) is 0 Å². The minimum Gasteiger partial charge on any atom is -0.469 e. The SMILES string of the molecule is CCN1NNc2c1ccc([C@@H](CC(=O)OC)c1ccc3c(c1)CN(C(=O)c1ccc(C)c(C)c1)CC3)c2C. The zero-order valence-corrected chi connectivity index (χ0v) is 22.9. The van der Waals surface area contributed by atoms with Crippen LogP contribution in [0.3, 0.4) is 0 Å². The molecule has 0 saturated heterocycles. The second kappa shape index (κ2) is 10.5. The van der Waals surface area contributed by atoms with E-state index in [0.29, 0.717) is 13.1 Å². The second-order valence-electron chi connectivity index (χ2n) is 10.3. The Morgan fingerprint density at radius 2 is 1.82 bits per heavy atom. The lowest BCUT2D eigenvalue weighted by atomic mass is 9.83. The van der Waals surface area contributed by atoms with Crippen molar-refractivity contribution in [3.05, 3.63) is 93.0 Å². The van der Waals surface area contributed by atoms with Crippen molar-refractivity contribution in [3.8, 4) is 0 Å². The van der Waals surface area contributed by atoms with Gasteiger partial charge in [0.15, 0.2) is 0 Å². The van der Waals surface area contributed by atoms with E-state index < -0.39 is 0 Å². The molecule has 2 N–H and O–H groups in total. The number of fused-ring (bicyclic) bond motifs is 2. The Bertz CT molecular complexity index is 1400. The quantitative estimate of drug-likeness (QED) is 0.444. The molecule has 3 aromatic rings. The molecule has 0 spiro atoms. The van der Waals surface area contributed by atoms with Gasteiger partial charge >= 0.3 is 5.97 Å². The Kier molecular flexibility index (Phi) is 7.13. The molecule has 5 rings (SSSR count). The van der Waals surface area contributed by atoms with Crippen LogP contribution in [0.5, 0.6) is 0 Å². The number of hydrogen-bond acceptors (Lipinski definition) is 6. The number of aryl methyl sites for hydroxylation is 2. The average molecular weight is 513 g/mol. The molecule has 3 aromatic carbocycles. The zero-order chi connectivity index (χ0) is 27.0. The molecule has 0 aromatic heterocycles. The topological polar surface area (TPSA) is 73.9 Å². The lowest BCUT2D eigenvalue weighted by Crippen LogP contribution is -2.36. The van der Waals surface area contributed by atoms with Gasteiger partial charge in [-0.1, -0.05) is 30.3 Å². The van der Waals surface area contributed by atoms with Gasteiger partial charge < -0.3 is 15.1 Å². The molecule has 1 atom stereocenters. The van der Waals surface area contributed by atoms with Gasteiger partial charge in [-0.2, -0.15) is 0 Å². The van der Waals surface area contributed by atoms with E-state index in [2.05, 4.69) is 67.1 Å². The summed E-state index contributed by atoms with van der Waals surface area (Å²) in [4.78, 5) is 27.8. The smallest absolute Gasteiger partial charge is 0.306 e. The van der Waals surface area contributed by atoms with Crippen LogP contribution in [0.2, 0.25) is 0 Å². The summed E-state index contributed by atoms with van der Waals surface area (Å²) < 4.78 is 5.09. The van der Waals surface area contributed by atoms with Crippen molar-refractivity contribution >= 4 is 23.3 Å². The highest BCUT2D eigenvalue weighted by Gasteiger charge is 2.28. The molecular weight excluding hydrogens is 476 g/mol. The lowest BCUT2D eigenvalue weighted by molar-refractivity contribution is -0.140. The Balaban J connectivity index is 1.47. The van der Waals surface area contributed by atoms with Crippen LogP contribution >= 0.6 is 0 Å². The van der Waals surface area contributed by atoms with Crippen LogP contribution in [-0.4, -0.2) is 37.0 Å². The minimum absolute atomic E-state index is 0.0591. The predicted octanol–water partition coefficient (Wildman–Crippen LogP) is 5.18. The standard InChI is InChI=1S/C31H36N4O3/c1-6-35-28-12-11-26(21(4)30(28)32-33-35)27(17-29(36)38-5)23-10-9-22-13-14-34(18-25(22)16-23)31(37)24-8-7-19(2)20(3)15-24/h7-12,15-16,27,32-33H,6,13-14,17-18H2,1-5H3/t27-/m0/s1. The molecule has 0 saturated carbocycles.